The Kier molecular flexibility index (Phi) is 7.33. The van der Waals surface area contributed by atoms with Crippen molar-refractivity contribution in [1.82, 2.24) is 9.97 Å². The average molecular weight is 485 g/mol. The quantitative estimate of drug-likeness (QED) is 0.113. The molecule has 0 fully saturated rings. The molecule has 1 aromatic heterocycles. The zero-order chi connectivity index (χ0) is 25.3. The van der Waals surface area contributed by atoms with Gasteiger partial charge in [0.25, 0.3) is 5.95 Å². The largest absolute Gasteiger partial charge is 0.497 e. The number of nitrogens with zero attached hydrogens (tertiary/aromatic N) is 5. The second-order valence-corrected chi connectivity index (χ2v) is 8.01. The number of azo groups is 1. The summed E-state index contributed by atoms with van der Waals surface area (Å²) in [7, 11) is 1.63. The Morgan fingerprint density at radius 1 is 0.676 bits per heavy atom. The molecule has 1 N–H and O–H groups in total. The zero-order valence-corrected chi connectivity index (χ0v) is 20.2. The van der Waals surface area contributed by atoms with Gasteiger partial charge < -0.3 is 4.74 Å². The first kappa shape index (κ1) is 23.6. The number of hydrogen-bond acceptors (Lipinski definition) is 6. The van der Waals surface area contributed by atoms with E-state index in [1.54, 1.807) is 7.11 Å². The van der Waals surface area contributed by atoms with Crippen molar-refractivity contribution in [3.05, 3.63) is 127 Å². The molecule has 0 aliphatic carbocycles. The van der Waals surface area contributed by atoms with Crippen LogP contribution in [0.2, 0.25) is 0 Å². The van der Waals surface area contributed by atoms with E-state index >= 15 is 0 Å². The standard InChI is InChI=1S/C30H24N6O/c1-37-26-19-17-25(18-20-26)33-34-29(24-15-9-4-10-16-24)35-36-30-31-27(22-11-5-2-6-12-22)21-28(32-30)23-13-7-3-8-14-23/h2-21,33H,1H3/b34-29+,36-35?. The van der Waals surface area contributed by atoms with Crippen molar-refractivity contribution in [3.63, 3.8) is 0 Å². The van der Waals surface area contributed by atoms with E-state index in [9.17, 15) is 0 Å². The molecule has 0 radical (unpaired) electrons. The van der Waals surface area contributed by atoms with Crippen LogP contribution < -0.4 is 10.2 Å². The highest BCUT2D eigenvalue weighted by Crippen LogP contribution is 2.26. The molecule has 0 atom stereocenters. The molecule has 5 aromatic rings. The third-order valence-electron chi connectivity index (χ3n) is 5.50. The number of nitrogens with one attached hydrogen (secondary N) is 1. The Labute approximate surface area is 215 Å². The van der Waals surface area contributed by atoms with Gasteiger partial charge in [0, 0.05) is 16.7 Å². The summed E-state index contributed by atoms with van der Waals surface area (Å²) in [4.78, 5) is 9.34. The van der Waals surface area contributed by atoms with Crippen molar-refractivity contribution in [1.29, 1.82) is 0 Å². The van der Waals surface area contributed by atoms with Crippen molar-refractivity contribution in [2.24, 2.45) is 15.3 Å². The molecule has 180 valence electrons. The SMILES string of the molecule is COc1ccc(N/N=C(/N=Nc2nc(-c3ccccc3)cc(-c3ccccc3)n2)c2ccccc2)cc1. The van der Waals surface area contributed by atoms with Crippen molar-refractivity contribution in [3.8, 4) is 28.3 Å². The Morgan fingerprint density at radius 2 is 1.22 bits per heavy atom. The van der Waals surface area contributed by atoms with Crippen molar-refractivity contribution < 1.29 is 4.74 Å². The Hall–Kier alpha value is -5.17. The monoisotopic (exact) mass is 484 g/mol. The van der Waals surface area contributed by atoms with Crippen LogP contribution in [0.4, 0.5) is 11.6 Å². The summed E-state index contributed by atoms with van der Waals surface area (Å²) in [5, 5.41) is 13.4. The molecule has 0 aliphatic rings. The summed E-state index contributed by atoms with van der Waals surface area (Å²) in [6, 6.07) is 38.9. The van der Waals surface area contributed by atoms with Gasteiger partial charge >= 0.3 is 0 Å². The molecule has 0 amide bonds. The summed E-state index contributed by atoms with van der Waals surface area (Å²) in [6.45, 7) is 0. The third-order valence-corrected chi connectivity index (χ3v) is 5.50. The molecular formula is C30H24N6O. The van der Waals surface area contributed by atoms with Gasteiger partial charge in [0.2, 0.25) is 5.84 Å². The van der Waals surface area contributed by atoms with Crippen LogP contribution in [0.5, 0.6) is 5.75 Å². The number of rotatable bonds is 7. The van der Waals surface area contributed by atoms with Gasteiger partial charge in [0.15, 0.2) is 0 Å². The van der Waals surface area contributed by atoms with Crippen LogP contribution in [0.25, 0.3) is 22.5 Å². The maximum Gasteiger partial charge on any atom is 0.270 e. The molecule has 0 aliphatic heterocycles. The van der Waals surface area contributed by atoms with Gasteiger partial charge in [-0.05, 0) is 30.3 Å². The summed E-state index contributed by atoms with van der Waals surface area (Å²) in [5.74, 6) is 1.40. The number of ether oxygens (including phenoxy) is 1. The molecule has 0 unspecified atom stereocenters. The number of aromatic nitrogens is 2. The van der Waals surface area contributed by atoms with Crippen molar-refractivity contribution >= 4 is 17.5 Å². The molecule has 0 saturated heterocycles. The molecule has 0 spiro atoms. The highest BCUT2D eigenvalue weighted by Gasteiger charge is 2.09. The molecular weight excluding hydrogens is 460 g/mol. The lowest BCUT2D eigenvalue weighted by Gasteiger charge is -2.07. The molecule has 5 rings (SSSR count). The van der Waals surface area contributed by atoms with E-state index in [1.807, 2.05) is 121 Å². The Morgan fingerprint density at radius 3 is 1.76 bits per heavy atom. The molecule has 1 heterocycles. The number of hydrazone groups is 1. The minimum absolute atomic E-state index is 0.244. The zero-order valence-electron chi connectivity index (χ0n) is 20.2. The minimum Gasteiger partial charge on any atom is -0.497 e. The number of anilines is 1. The fourth-order valence-corrected chi connectivity index (χ4v) is 3.60. The fraction of sp³-hybridized carbons (Fsp3) is 0.0333. The molecule has 37 heavy (non-hydrogen) atoms. The fourth-order valence-electron chi connectivity index (χ4n) is 3.60. The van der Waals surface area contributed by atoms with Gasteiger partial charge in [-0.1, -0.05) is 91.0 Å². The highest BCUT2D eigenvalue weighted by molar-refractivity contribution is 5.99. The average Bonchev–Trinajstić information content (AvgIpc) is 2.98. The number of methoxy groups -OCH3 is 1. The first-order chi connectivity index (χ1) is 18.3. The van der Waals surface area contributed by atoms with E-state index in [4.69, 9.17) is 4.74 Å². The smallest absolute Gasteiger partial charge is 0.270 e. The third kappa shape index (κ3) is 6.10. The number of benzene rings is 4. The van der Waals surface area contributed by atoms with Gasteiger partial charge in [-0.25, -0.2) is 9.97 Å². The van der Waals surface area contributed by atoms with Crippen LogP contribution in [0.15, 0.2) is 137 Å². The van der Waals surface area contributed by atoms with E-state index < -0.39 is 0 Å². The normalized spacial score (nSPS) is 11.4. The second kappa shape index (κ2) is 11.5. The van der Waals surface area contributed by atoms with E-state index in [0.717, 1.165) is 39.5 Å². The molecule has 7 nitrogen and oxygen atoms in total. The maximum absolute atomic E-state index is 5.22. The van der Waals surface area contributed by atoms with Crippen LogP contribution in [-0.4, -0.2) is 22.9 Å². The van der Waals surface area contributed by atoms with E-state index in [2.05, 4.69) is 30.7 Å². The van der Waals surface area contributed by atoms with E-state index in [1.165, 1.54) is 0 Å². The first-order valence-electron chi connectivity index (χ1n) is 11.7. The van der Waals surface area contributed by atoms with Crippen LogP contribution in [0.3, 0.4) is 0 Å². The molecule has 0 saturated carbocycles. The lowest BCUT2D eigenvalue weighted by molar-refractivity contribution is 0.415. The highest BCUT2D eigenvalue weighted by atomic mass is 16.5. The van der Waals surface area contributed by atoms with Crippen LogP contribution >= 0.6 is 0 Å². The second-order valence-electron chi connectivity index (χ2n) is 8.01. The summed E-state index contributed by atoms with van der Waals surface area (Å²) < 4.78 is 5.22. The Balaban J connectivity index is 1.51. The number of amidine groups is 1. The van der Waals surface area contributed by atoms with E-state index in [0.29, 0.717) is 5.84 Å². The van der Waals surface area contributed by atoms with Gasteiger partial charge in [-0.15, -0.1) is 10.2 Å². The lowest BCUT2D eigenvalue weighted by atomic mass is 10.1. The van der Waals surface area contributed by atoms with Crippen LogP contribution in [0, 0.1) is 0 Å². The minimum atomic E-state index is 0.244. The number of hydrogen-bond donors (Lipinski definition) is 1. The molecule has 0 bridgehead atoms. The molecule has 4 aromatic carbocycles. The summed E-state index contributed by atoms with van der Waals surface area (Å²) in [6.07, 6.45) is 0. The molecule has 7 heteroatoms. The predicted octanol–water partition coefficient (Wildman–Crippen LogP) is 7.38. The summed E-state index contributed by atoms with van der Waals surface area (Å²) >= 11 is 0. The van der Waals surface area contributed by atoms with Crippen molar-refractivity contribution in [2.75, 3.05) is 12.5 Å². The topological polar surface area (TPSA) is 84.1 Å². The predicted molar refractivity (Wildman–Crippen MR) is 147 cm³/mol. The van der Waals surface area contributed by atoms with Gasteiger partial charge in [-0.3, -0.25) is 5.43 Å². The van der Waals surface area contributed by atoms with Gasteiger partial charge in [-0.2, -0.15) is 5.10 Å². The Bertz CT molecular complexity index is 1450. The summed E-state index contributed by atoms with van der Waals surface area (Å²) in [5.41, 5.74) is 8.10. The first-order valence-corrected chi connectivity index (χ1v) is 11.7. The van der Waals surface area contributed by atoms with Crippen LogP contribution in [0.1, 0.15) is 5.56 Å². The van der Waals surface area contributed by atoms with Gasteiger partial charge in [0.1, 0.15) is 5.75 Å². The van der Waals surface area contributed by atoms with Crippen molar-refractivity contribution in [2.45, 2.75) is 0 Å². The van der Waals surface area contributed by atoms with Gasteiger partial charge in [0.05, 0.1) is 24.2 Å². The van der Waals surface area contributed by atoms with Crippen LogP contribution in [-0.2, 0) is 0 Å². The lowest BCUT2D eigenvalue weighted by Crippen LogP contribution is -2.01. The maximum atomic E-state index is 5.22. The van der Waals surface area contributed by atoms with E-state index in [-0.39, 0.29) is 5.95 Å².